The Morgan fingerprint density at radius 2 is 2.25 bits per heavy atom. The van der Waals surface area contributed by atoms with Crippen LogP contribution in [-0.4, -0.2) is 27.8 Å². The molecule has 3 N–H and O–H groups in total. The second-order valence-corrected chi connectivity index (χ2v) is 4.68. The maximum absolute atomic E-state index is 10.5. The van der Waals surface area contributed by atoms with Gasteiger partial charge in [-0.15, -0.1) is 0 Å². The topological polar surface area (TPSA) is 88.4 Å². The zero-order valence-electron chi connectivity index (χ0n) is 11.4. The summed E-state index contributed by atoms with van der Waals surface area (Å²) in [4.78, 5) is 10.2. The molecule has 0 aromatic carbocycles. The summed E-state index contributed by atoms with van der Waals surface area (Å²) in [6.45, 7) is 4.45. The number of aromatic nitrogens is 2. The minimum absolute atomic E-state index is 0.215. The number of nitrogens with zero attached hydrogens (tertiary/aromatic N) is 3. The molecule has 104 valence electrons. The summed E-state index contributed by atoms with van der Waals surface area (Å²) in [5.74, 6) is 0.879. The van der Waals surface area contributed by atoms with E-state index in [-0.39, 0.29) is 5.95 Å². The summed E-state index contributed by atoms with van der Waals surface area (Å²) >= 11 is 0. The highest BCUT2D eigenvalue weighted by Gasteiger charge is 2.29. The Labute approximate surface area is 116 Å². The Morgan fingerprint density at radius 1 is 1.45 bits per heavy atom. The molecule has 0 amide bonds. The fourth-order valence-corrected chi connectivity index (χ4v) is 2.47. The van der Waals surface area contributed by atoms with Crippen molar-refractivity contribution >= 4 is 23.4 Å². The van der Waals surface area contributed by atoms with Gasteiger partial charge < -0.3 is 20.2 Å². The minimum atomic E-state index is -0.779. The number of hydrogen-bond acceptors (Lipinski definition) is 6. The monoisotopic (exact) mass is 272 g/mol. The largest absolute Gasteiger partial charge is 0.472 e. The predicted molar refractivity (Wildman–Crippen MR) is 76.8 cm³/mol. The van der Waals surface area contributed by atoms with E-state index >= 15 is 0 Å². The highest BCUT2D eigenvalue weighted by Crippen LogP contribution is 2.36. The lowest BCUT2D eigenvalue weighted by atomic mass is 9.98. The molecular formula is C14H16N4O2. The van der Waals surface area contributed by atoms with Gasteiger partial charge in [-0.25, -0.2) is 4.98 Å². The normalized spacial score (nSPS) is 17.9. The molecule has 0 bridgehead atoms. The summed E-state index contributed by atoms with van der Waals surface area (Å²) in [7, 11) is 0. The Kier molecular flexibility index (Phi) is 2.94. The van der Waals surface area contributed by atoms with Crippen molar-refractivity contribution in [3.05, 3.63) is 35.4 Å². The van der Waals surface area contributed by atoms with E-state index in [1.807, 2.05) is 26.0 Å². The first kappa shape index (κ1) is 12.7. The third-order valence-corrected chi connectivity index (χ3v) is 3.47. The highest BCUT2D eigenvalue weighted by molar-refractivity contribution is 5.91. The number of furan rings is 1. The molecule has 0 fully saturated rings. The predicted octanol–water partition coefficient (Wildman–Crippen LogP) is 1.66. The Morgan fingerprint density at radius 3 is 2.90 bits per heavy atom. The van der Waals surface area contributed by atoms with Gasteiger partial charge in [-0.3, -0.25) is 0 Å². The van der Waals surface area contributed by atoms with Crippen LogP contribution in [0.15, 0.2) is 23.0 Å². The van der Waals surface area contributed by atoms with Gasteiger partial charge in [-0.2, -0.15) is 4.98 Å². The van der Waals surface area contributed by atoms with Crippen LogP contribution in [0.4, 0.5) is 11.8 Å². The highest BCUT2D eigenvalue weighted by atomic mass is 16.3. The van der Waals surface area contributed by atoms with Gasteiger partial charge >= 0.3 is 0 Å². The number of nitrogens with two attached hydrogens (primary N) is 1. The number of aryl methyl sites for hydroxylation is 1. The number of aliphatic hydroxyl groups is 1. The number of rotatable bonds is 2. The molecule has 1 aliphatic heterocycles. The SMILES string of the molecule is CCN1c2nc(N)nc(C)c2C=C(c2ccoc2)C1O. The standard InChI is InChI=1S/C14H16N4O2/c1-3-18-12-10(8(2)16-14(15)17-12)6-11(13(18)19)9-4-5-20-7-9/h4-7,13,19H,3H2,1-2H3,(H2,15,16,17). The van der Waals surface area contributed by atoms with Crippen LogP contribution in [-0.2, 0) is 0 Å². The van der Waals surface area contributed by atoms with Crippen molar-refractivity contribution in [3.8, 4) is 0 Å². The lowest BCUT2D eigenvalue weighted by Crippen LogP contribution is -2.39. The minimum Gasteiger partial charge on any atom is -0.472 e. The molecule has 1 aliphatic rings. The summed E-state index contributed by atoms with van der Waals surface area (Å²) < 4.78 is 5.10. The van der Waals surface area contributed by atoms with E-state index in [0.717, 1.165) is 22.4 Å². The average Bonchev–Trinajstić information content (AvgIpc) is 2.92. The summed E-state index contributed by atoms with van der Waals surface area (Å²) in [6.07, 6.45) is 4.31. The van der Waals surface area contributed by atoms with E-state index in [9.17, 15) is 5.11 Å². The Hall–Kier alpha value is -2.34. The van der Waals surface area contributed by atoms with Crippen LogP contribution in [0.2, 0.25) is 0 Å². The molecular weight excluding hydrogens is 256 g/mol. The van der Waals surface area contributed by atoms with Crippen molar-refractivity contribution < 1.29 is 9.52 Å². The van der Waals surface area contributed by atoms with Gasteiger partial charge in [0.2, 0.25) is 5.95 Å². The van der Waals surface area contributed by atoms with E-state index in [0.29, 0.717) is 12.4 Å². The molecule has 0 aliphatic carbocycles. The first-order chi connectivity index (χ1) is 9.61. The molecule has 3 rings (SSSR count). The lowest BCUT2D eigenvalue weighted by molar-refractivity contribution is 0.225. The van der Waals surface area contributed by atoms with Crippen LogP contribution < -0.4 is 10.6 Å². The maximum Gasteiger partial charge on any atom is 0.222 e. The van der Waals surface area contributed by atoms with Crippen LogP contribution in [0, 0.1) is 6.92 Å². The van der Waals surface area contributed by atoms with Crippen LogP contribution in [0.3, 0.4) is 0 Å². The smallest absolute Gasteiger partial charge is 0.222 e. The molecule has 20 heavy (non-hydrogen) atoms. The van der Waals surface area contributed by atoms with Crippen molar-refractivity contribution in [2.24, 2.45) is 0 Å². The van der Waals surface area contributed by atoms with E-state index in [1.54, 1.807) is 17.4 Å². The molecule has 3 heterocycles. The van der Waals surface area contributed by atoms with Crippen molar-refractivity contribution in [1.82, 2.24) is 9.97 Å². The van der Waals surface area contributed by atoms with Crippen molar-refractivity contribution in [1.29, 1.82) is 0 Å². The van der Waals surface area contributed by atoms with Gasteiger partial charge in [0.05, 0.1) is 18.2 Å². The third kappa shape index (κ3) is 1.85. The van der Waals surface area contributed by atoms with Gasteiger partial charge in [0, 0.05) is 23.2 Å². The van der Waals surface area contributed by atoms with E-state index in [2.05, 4.69) is 9.97 Å². The molecule has 0 saturated carbocycles. The number of hydrogen-bond donors (Lipinski definition) is 2. The molecule has 1 unspecified atom stereocenters. The zero-order valence-corrected chi connectivity index (χ0v) is 11.4. The van der Waals surface area contributed by atoms with Crippen molar-refractivity contribution in [3.63, 3.8) is 0 Å². The fraction of sp³-hybridized carbons (Fsp3) is 0.286. The molecule has 6 nitrogen and oxygen atoms in total. The van der Waals surface area contributed by atoms with E-state index in [1.165, 1.54) is 0 Å². The van der Waals surface area contributed by atoms with Gasteiger partial charge in [-0.05, 0) is 26.0 Å². The van der Waals surface area contributed by atoms with Crippen LogP contribution in [0.1, 0.15) is 23.7 Å². The number of likely N-dealkylation sites (N-methyl/N-ethyl adjacent to an activating group) is 1. The summed E-state index contributed by atoms with van der Waals surface area (Å²) in [6, 6.07) is 1.82. The van der Waals surface area contributed by atoms with Crippen LogP contribution in [0.25, 0.3) is 11.6 Å². The third-order valence-electron chi connectivity index (χ3n) is 3.47. The summed E-state index contributed by atoms with van der Waals surface area (Å²) in [5.41, 5.74) is 8.99. The van der Waals surface area contributed by atoms with Crippen molar-refractivity contribution in [2.45, 2.75) is 20.1 Å². The Balaban J connectivity index is 2.22. The van der Waals surface area contributed by atoms with Gasteiger partial charge in [0.15, 0.2) is 6.23 Å². The quantitative estimate of drug-likeness (QED) is 0.864. The first-order valence-electron chi connectivity index (χ1n) is 6.44. The number of aliphatic hydroxyl groups excluding tert-OH is 1. The lowest BCUT2D eigenvalue weighted by Gasteiger charge is -2.34. The second-order valence-electron chi connectivity index (χ2n) is 4.68. The Bertz CT molecular complexity index is 664. The van der Waals surface area contributed by atoms with Gasteiger partial charge in [-0.1, -0.05) is 0 Å². The zero-order chi connectivity index (χ0) is 14.3. The van der Waals surface area contributed by atoms with E-state index < -0.39 is 6.23 Å². The molecule has 2 aromatic rings. The molecule has 2 aromatic heterocycles. The van der Waals surface area contributed by atoms with Crippen LogP contribution in [0.5, 0.6) is 0 Å². The van der Waals surface area contributed by atoms with Gasteiger partial charge in [0.1, 0.15) is 5.82 Å². The summed E-state index contributed by atoms with van der Waals surface area (Å²) in [5, 5.41) is 10.5. The molecule has 0 spiro atoms. The van der Waals surface area contributed by atoms with E-state index in [4.69, 9.17) is 10.2 Å². The second kappa shape index (κ2) is 4.64. The van der Waals surface area contributed by atoms with Gasteiger partial charge in [0.25, 0.3) is 0 Å². The van der Waals surface area contributed by atoms with Crippen LogP contribution >= 0.6 is 0 Å². The first-order valence-corrected chi connectivity index (χ1v) is 6.44. The average molecular weight is 272 g/mol. The number of anilines is 2. The number of nitrogen functional groups attached to an aromatic ring is 1. The molecule has 0 radical (unpaired) electrons. The molecule has 1 atom stereocenters. The molecule has 0 saturated heterocycles. The fourth-order valence-electron chi connectivity index (χ4n) is 2.47. The maximum atomic E-state index is 10.5. The van der Waals surface area contributed by atoms with Crippen molar-refractivity contribution in [2.75, 3.05) is 17.2 Å². The molecule has 6 heteroatoms. The number of fused-ring (bicyclic) bond motifs is 1.